The quantitative estimate of drug-likeness (QED) is 0.790. The third-order valence-electron chi connectivity index (χ3n) is 4.67. The molecule has 0 N–H and O–H groups in total. The number of fused-ring (bicyclic) bond motifs is 1. The van der Waals surface area contributed by atoms with E-state index in [1.54, 1.807) is 5.01 Å². The van der Waals surface area contributed by atoms with Gasteiger partial charge in [-0.2, -0.15) is 0 Å². The minimum Gasteiger partial charge on any atom is -0.355 e. The lowest BCUT2D eigenvalue weighted by atomic mass is 9.88. The van der Waals surface area contributed by atoms with E-state index in [2.05, 4.69) is 31.5 Å². The molecular weight excluding hydrogens is 294 g/mol. The highest BCUT2D eigenvalue weighted by Crippen LogP contribution is 2.33. The van der Waals surface area contributed by atoms with Crippen LogP contribution < -0.4 is 0 Å². The average Bonchev–Trinajstić information content (AvgIpc) is 2.84. The molecule has 0 saturated carbocycles. The molecule has 1 amide bonds. The highest BCUT2D eigenvalue weighted by molar-refractivity contribution is 5.93. The summed E-state index contributed by atoms with van der Waals surface area (Å²) >= 11 is 0. The zero-order chi connectivity index (χ0) is 16.8. The second-order valence-electron chi connectivity index (χ2n) is 8.02. The Morgan fingerprint density at radius 1 is 1.17 bits per heavy atom. The van der Waals surface area contributed by atoms with Gasteiger partial charge in [0, 0.05) is 33.4 Å². The first kappa shape index (κ1) is 16.5. The molecule has 0 unspecified atom stereocenters. The topological polar surface area (TPSA) is 46.9 Å². The van der Waals surface area contributed by atoms with Crippen molar-refractivity contribution in [2.24, 2.45) is 5.41 Å². The molecule has 3 rings (SSSR count). The molecule has 0 radical (unpaired) electrons. The zero-order valence-electron chi connectivity index (χ0n) is 14.8. The predicted octanol–water partition coefficient (Wildman–Crippen LogP) is 1.71. The first-order valence-electron chi connectivity index (χ1n) is 8.07. The Kier molecular flexibility index (Phi) is 4.02. The summed E-state index contributed by atoms with van der Waals surface area (Å²) in [4.78, 5) is 13.0. The molecule has 1 spiro atoms. The van der Waals surface area contributed by atoms with E-state index in [4.69, 9.17) is 9.47 Å². The van der Waals surface area contributed by atoms with Gasteiger partial charge in [0.15, 0.2) is 0 Å². The van der Waals surface area contributed by atoms with E-state index in [0.717, 1.165) is 12.2 Å². The Labute approximate surface area is 137 Å². The van der Waals surface area contributed by atoms with Crippen LogP contribution in [0.4, 0.5) is 0 Å². The Balaban J connectivity index is 2.05. The molecule has 1 aromatic heterocycles. The molecule has 6 nitrogen and oxygen atoms in total. The van der Waals surface area contributed by atoms with Gasteiger partial charge in [-0.25, -0.2) is 5.01 Å². The molecule has 1 aromatic rings. The molecule has 1 fully saturated rings. The van der Waals surface area contributed by atoms with Gasteiger partial charge in [-0.1, -0.05) is 20.8 Å². The van der Waals surface area contributed by atoms with Crippen LogP contribution in [0, 0.1) is 5.41 Å². The number of ether oxygens (including phenoxy) is 2. The smallest absolute Gasteiger partial charge is 0.284 e. The maximum atomic E-state index is 13.0. The van der Waals surface area contributed by atoms with E-state index in [0.29, 0.717) is 26.6 Å². The van der Waals surface area contributed by atoms with Gasteiger partial charge in [0.25, 0.3) is 5.91 Å². The number of hydrogen-bond donors (Lipinski definition) is 0. The number of hydrazine groups is 1. The van der Waals surface area contributed by atoms with Crippen molar-refractivity contribution in [2.45, 2.75) is 32.7 Å². The van der Waals surface area contributed by atoms with Gasteiger partial charge >= 0.3 is 0 Å². The maximum absolute atomic E-state index is 13.0. The Bertz CT molecular complexity index is 595. The zero-order valence-corrected chi connectivity index (χ0v) is 14.8. The third kappa shape index (κ3) is 3.03. The molecule has 128 valence electrons. The van der Waals surface area contributed by atoms with Crippen LogP contribution in [0.2, 0.25) is 0 Å². The fraction of sp³-hybridized carbons (Fsp3) is 0.706. The average molecular weight is 321 g/mol. The standard InChI is InChI=1S/C17H27N3O3/c1-16(2,3)13-6-14-15(21)20(18(4)5)9-17(8-19(14)7-13)10-22-12-23-11-17/h6-7H,8-12H2,1-5H3. The molecule has 0 atom stereocenters. The normalized spacial score (nSPS) is 21.7. The first-order valence-corrected chi connectivity index (χ1v) is 8.07. The van der Waals surface area contributed by atoms with Gasteiger partial charge < -0.3 is 14.0 Å². The number of amides is 1. The van der Waals surface area contributed by atoms with Gasteiger partial charge in [0.05, 0.1) is 18.6 Å². The lowest BCUT2D eigenvalue weighted by Crippen LogP contribution is -2.52. The fourth-order valence-corrected chi connectivity index (χ4v) is 3.29. The van der Waals surface area contributed by atoms with E-state index < -0.39 is 0 Å². The number of aromatic nitrogens is 1. The summed E-state index contributed by atoms with van der Waals surface area (Å²) in [7, 11) is 3.80. The summed E-state index contributed by atoms with van der Waals surface area (Å²) in [6.45, 7) is 9.38. The van der Waals surface area contributed by atoms with Crippen LogP contribution in [0.5, 0.6) is 0 Å². The molecule has 6 heteroatoms. The molecule has 2 aliphatic heterocycles. The Morgan fingerprint density at radius 2 is 1.83 bits per heavy atom. The number of hydrogen-bond acceptors (Lipinski definition) is 4. The van der Waals surface area contributed by atoms with Crippen LogP contribution in [0.25, 0.3) is 0 Å². The monoisotopic (exact) mass is 321 g/mol. The molecule has 23 heavy (non-hydrogen) atoms. The van der Waals surface area contributed by atoms with Crippen LogP contribution >= 0.6 is 0 Å². The SMILES string of the molecule is CN(C)N1CC2(COCOC2)Cn2cc(C(C)(C)C)cc2C1=O. The van der Waals surface area contributed by atoms with Crippen LogP contribution in [-0.2, 0) is 21.4 Å². The van der Waals surface area contributed by atoms with Gasteiger partial charge in [-0.15, -0.1) is 0 Å². The molecular formula is C17H27N3O3. The second kappa shape index (κ2) is 5.61. The van der Waals surface area contributed by atoms with Gasteiger partial charge in [0.2, 0.25) is 0 Å². The number of nitrogens with zero attached hydrogens (tertiary/aromatic N) is 3. The fourth-order valence-electron chi connectivity index (χ4n) is 3.29. The summed E-state index contributed by atoms with van der Waals surface area (Å²) in [5.41, 5.74) is 1.72. The number of rotatable bonds is 1. The molecule has 3 heterocycles. The number of carbonyl (C=O) groups excluding carboxylic acids is 1. The third-order valence-corrected chi connectivity index (χ3v) is 4.67. The van der Waals surface area contributed by atoms with Crippen molar-refractivity contribution in [1.29, 1.82) is 0 Å². The van der Waals surface area contributed by atoms with E-state index >= 15 is 0 Å². The Morgan fingerprint density at radius 3 is 2.39 bits per heavy atom. The summed E-state index contributed by atoms with van der Waals surface area (Å²) in [6, 6.07) is 2.03. The summed E-state index contributed by atoms with van der Waals surface area (Å²) in [5, 5.41) is 3.65. The number of carbonyl (C=O) groups is 1. The van der Waals surface area contributed by atoms with Crippen molar-refractivity contribution in [3.8, 4) is 0 Å². The van der Waals surface area contributed by atoms with Crippen molar-refractivity contribution in [2.75, 3.05) is 40.6 Å². The van der Waals surface area contributed by atoms with E-state index in [1.807, 2.05) is 25.2 Å². The maximum Gasteiger partial charge on any atom is 0.284 e. The molecule has 0 bridgehead atoms. The lowest BCUT2D eigenvalue weighted by molar-refractivity contribution is -0.178. The van der Waals surface area contributed by atoms with Gasteiger partial charge in [-0.3, -0.25) is 9.80 Å². The summed E-state index contributed by atoms with van der Waals surface area (Å²) in [6.07, 6.45) is 2.11. The molecule has 0 aliphatic carbocycles. The highest BCUT2D eigenvalue weighted by atomic mass is 16.7. The largest absolute Gasteiger partial charge is 0.355 e. The van der Waals surface area contributed by atoms with Crippen molar-refractivity contribution in [3.63, 3.8) is 0 Å². The van der Waals surface area contributed by atoms with Crippen LogP contribution in [-0.4, -0.2) is 61.1 Å². The molecule has 2 aliphatic rings. The van der Waals surface area contributed by atoms with Crippen LogP contribution in [0.1, 0.15) is 36.8 Å². The second-order valence-corrected chi connectivity index (χ2v) is 8.02. The van der Waals surface area contributed by atoms with E-state index in [-0.39, 0.29) is 16.7 Å². The highest BCUT2D eigenvalue weighted by Gasteiger charge is 2.42. The van der Waals surface area contributed by atoms with Crippen LogP contribution in [0.15, 0.2) is 12.3 Å². The van der Waals surface area contributed by atoms with Crippen molar-refractivity contribution >= 4 is 5.91 Å². The summed E-state index contributed by atoms with van der Waals surface area (Å²) < 4.78 is 13.2. The van der Waals surface area contributed by atoms with Crippen molar-refractivity contribution < 1.29 is 14.3 Å². The molecule has 1 saturated heterocycles. The minimum atomic E-state index is -0.211. The lowest BCUT2D eigenvalue weighted by Gasteiger charge is -2.40. The first-order chi connectivity index (χ1) is 10.7. The van der Waals surface area contributed by atoms with Gasteiger partial charge in [0.1, 0.15) is 12.5 Å². The van der Waals surface area contributed by atoms with E-state index in [9.17, 15) is 4.79 Å². The molecule has 0 aromatic carbocycles. The van der Waals surface area contributed by atoms with Crippen molar-refractivity contribution in [1.82, 2.24) is 14.6 Å². The summed E-state index contributed by atoms with van der Waals surface area (Å²) in [5.74, 6) is 0.0351. The van der Waals surface area contributed by atoms with E-state index in [1.165, 1.54) is 5.56 Å². The predicted molar refractivity (Wildman–Crippen MR) is 87.1 cm³/mol. The minimum absolute atomic E-state index is 0.00908. The van der Waals surface area contributed by atoms with Gasteiger partial charge in [-0.05, 0) is 17.0 Å². The van der Waals surface area contributed by atoms with Crippen LogP contribution in [0.3, 0.4) is 0 Å². The Hall–Kier alpha value is -1.37. The van der Waals surface area contributed by atoms with Crippen molar-refractivity contribution in [3.05, 3.63) is 23.5 Å².